The van der Waals surface area contributed by atoms with Gasteiger partial charge in [-0.05, 0) is 42.8 Å². The van der Waals surface area contributed by atoms with Crippen LogP contribution in [0.15, 0.2) is 84.6 Å². The number of ether oxygens (including phenoxy) is 1. The molecule has 0 saturated heterocycles. The van der Waals surface area contributed by atoms with Gasteiger partial charge in [0.25, 0.3) is 0 Å². The van der Waals surface area contributed by atoms with E-state index in [0.717, 1.165) is 38.7 Å². The maximum Gasteiger partial charge on any atom is 0.244 e. The first kappa shape index (κ1) is 22.5. The smallest absolute Gasteiger partial charge is 0.244 e. The topological polar surface area (TPSA) is 81.9 Å². The number of hydrogen-bond acceptors (Lipinski definition) is 6. The van der Waals surface area contributed by atoms with Crippen LogP contribution in [-0.2, 0) is 17.9 Å². The molecule has 0 unspecified atom stereocenters. The van der Waals surface area contributed by atoms with E-state index in [4.69, 9.17) is 4.74 Å². The Morgan fingerprint density at radius 2 is 1.94 bits per heavy atom. The number of nitrogens with zero attached hydrogens (tertiary/aromatic N) is 4. The summed E-state index contributed by atoms with van der Waals surface area (Å²) < 4.78 is 7.85. The minimum absolute atomic E-state index is 0.195. The molecule has 2 aromatic carbocycles. The summed E-state index contributed by atoms with van der Waals surface area (Å²) in [7, 11) is 0. The average molecular weight is 482 g/mol. The van der Waals surface area contributed by atoms with Crippen LogP contribution in [0.4, 0.5) is 0 Å². The lowest BCUT2D eigenvalue weighted by Gasteiger charge is -2.08. The number of hydrogen-bond donors (Lipinski definition) is 1. The number of rotatable bonds is 8. The number of aromatic nitrogens is 4. The number of amides is 1. The highest BCUT2D eigenvalue weighted by atomic mass is 32.1. The van der Waals surface area contributed by atoms with Gasteiger partial charge in [-0.25, -0.2) is 15.0 Å². The molecule has 3 heterocycles. The summed E-state index contributed by atoms with van der Waals surface area (Å²) in [5.74, 6) is 1.28. The number of aryl methyl sites for hydroxylation is 1. The Kier molecular flexibility index (Phi) is 6.63. The Bertz CT molecular complexity index is 1490. The quantitative estimate of drug-likeness (QED) is 0.312. The predicted molar refractivity (Wildman–Crippen MR) is 137 cm³/mol. The first-order valence-corrected chi connectivity index (χ1v) is 12.0. The molecule has 0 aliphatic carbocycles. The zero-order chi connectivity index (χ0) is 24.0. The second-order valence-electron chi connectivity index (χ2n) is 7.86. The summed E-state index contributed by atoms with van der Waals surface area (Å²) in [5, 5.41) is 5.89. The molecule has 0 radical (unpaired) electrons. The molecule has 0 spiro atoms. The zero-order valence-electron chi connectivity index (χ0n) is 19.1. The molecule has 0 saturated carbocycles. The molecular formula is C27H23N5O2S. The third-order valence-corrected chi connectivity index (χ3v) is 6.17. The number of benzene rings is 2. The van der Waals surface area contributed by atoms with E-state index in [1.165, 1.54) is 6.08 Å². The first-order chi connectivity index (χ1) is 17.2. The highest BCUT2D eigenvalue weighted by molar-refractivity contribution is 7.09. The van der Waals surface area contributed by atoms with Crippen molar-refractivity contribution < 1.29 is 9.53 Å². The monoisotopic (exact) mass is 481 g/mol. The molecule has 5 rings (SSSR count). The van der Waals surface area contributed by atoms with Crippen molar-refractivity contribution in [1.29, 1.82) is 0 Å². The lowest BCUT2D eigenvalue weighted by molar-refractivity contribution is -0.116. The summed E-state index contributed by atoms with van der Waals surface area (Å²) in [6.45, 7) is 2.73. The number of fused-ring (bicyclic) bond motifs is 1. The van der Waals surface area contributed by atoms with Gasteiger partial charge in [0, 0.05) is 29.8 Å². The van der Waals surface area contributed by atoms with E-state index in [-0.39, 0.29) is 5.91 Å². The van der Waals surface area contributed by atoms with E-state index >= 15 is 0 Å². The minimum Gasteiger partial charge on any atom is -0.487 e. The summed E-state index contributed by atoms with van der Waals surface area (Å²) in [5.41, 5.74) is 4.54. The minimum atomic E-state index is -0.195. The Morgan fingerprint density at radius 3 is 2.77 bits per heavy atom. The Morgan fingerprint density at radius 1 is 1.09 bits per heavy atom. The predicted octanol–water partition coefficient (Wildman–Crippen LogP) is 5.09. The van der Waals surface area contributed by atoms with Gasteiger partial charge in [-0.1, -0.05) is 36.4 Å². The van der Waals surface area contributed by atoms with Crippen LogP contribution < -0.4 is 10.1 Å². The number of pyridine rings is 1. The molecular weight excluding hydrogens is 458 g/mol. The highest BCUT2D eigenvalue weighted by Gasteiger charge is 2.06. The van der Waals surface area contributed by atoms with Gasteiger partial charge in [0.05, 0.1) is 21.7 Å². The van der Waals surface area contributed by atoms with E-state index in [0.29, 0.717) is 18.9 Å². The molecule has 8 heteroatoms. The van der Waals surface area contributed by atoms with Gasteiger partial charge in [0.15, 0.2) is 0 Å². The molecule has 0 aliphatic heterocycles. The standard InChI is InChI=1S/C27H23N5O2S/c1-19-31-22(17-35-19)16-34-25-9-5-2-6-21(25)11-13-27(33)29-15-20-10-12-26(28-14-20)32-18-30-23-7-3-4-8-24(23)32/h2-14,17-18H,15-16H2,1H3,(H,29,33)/b13-11+. The van der Waals surface area contributed by atoms with Crippen LogP contribution in [0, 0.1) is 6.92 Å². The third-order valence-electron chi connectivity index (χ3n) is 5.35. The van der Waals surface area contributed by atoms with Gasteiger partial charge in [0.1, 0.15) is 24.5 Å². The summed E-state index contributed by atoms with van der Waals surface area (Å²) in [6, 6.07) is 19.4. The third kappa shape index (κ3) is 5.44. The number of imidazole rings is 1. The molecule has 0 aliphatic rings. The molecule has 1 amide bonds. The fourth-order valence-corrected chi connectivity index (χ4v) is 4.19. The number of para-hydroxylation sites is 3. The van der Waals surface area contributed by atoms with Crippen molar-refractivity contribution in [2.24, 2.45) is 0 Å². The van der Waals surface area contributed by atoms with Crippen LogP contribution in [-0.4, -0.2) is 25.4 Å². The lowest BCUT2D eigenvalue weighted by Crippen LogP contribution is -2.20. The van der Waals surface area contributed by atoms with Gasteiger partial charge in [-0.2, -0.15) is 0 Å². The average Bonchev–Trinajstić information content (AvgIpc) is 3.52. The van der Waals surface area contributed by atoms with Crippen LogP contribution >= 0.6 is 11.3 Å². The Labute approximate surface area is 206 Å². The van der Waals surface area contributed by atoms with Crippen LogP contribution in [0.3, 0.4) is 0 Å². The van der Waals surface area contributed by atoms with Crippen molar-refractivity contribution in [3.05, 3.63) is 106 Å². The van der Waals surface area contributed by atoms with Crippen molar-refractivity contribution >= 4 is 34.4 Å². The zero-order valence-corrected chi connectivity index (χ0v) is 19.9. The molecule has 5 aromatic rings. The van der Waals surface area contributed by atoms with Gasteiger partial charge in [-0.3, -0.25) is 9.36 Å². The Hall–Kier alpha value is -4.30. The van der Waals surface area contributed by atoms with Crippen LogP contribution in [0.25, 0.3) is 22.9 Å². The van der Waals surface area contributed by atoms with Crippen LogP contribution in [0.5, 0.6) is 5.75 Å². The van der Waals surface area contributed by atoms with Crippen LogP contribution in [0.1, 0.15) is 21.8 Å². The van der Waals surface area contributed by atoms with Gasteiger partial charge in [0.2, 0.25) is 5.91 Å². The molecule has 0 fully saturated rings. The first-order valence-electron chi connectivity index (χ1n) is 11.1. The fourth-order valence-electron chi connectivity index (χ4n) is 3.59. The molecule has 174 valence electrons. The van der Waals surface area contributed by atoms with Crippen LogP contribution in [0.2, 0.25) is 0 Å². The lowest BCUT2D eigenvalue weighted by atomic mass is 10.2. The number of nitrogens with one attached hydrogen (secondary N) is 1. The molecule has 7 nitrogen and oxygen atoms in total. The van der Waals surface area contributed by atoms with Gasteiger partial charge in [-0.15, -0.1) is 11.3 Å². The van der Waals surface area contributed by atoms with E-state index in [2.05, 4.69) is 20.3 Å². The van der Waals surface area contributed by atoms with Crippen molar-refractivity contribution in [2.45, 2.75) is 20.1 Å². The maximum atomic E-state index is 12.4. The van der Waals surface area contributed by atoms with Crippen molar-refractivity contribution in [3.63, 3.8) is 0 Å². The summed E-state index contributed by atoms with van der Waals surface area (Å²) in [4.78, 5) is 25.8. The fraction of sp³-hybridized carbons (Fsp3) is 0.111. The number of carbonyl (C=O) groups excluding carboxylic acids is 1. The second-order valence-corrected chi connectivity index (χ2v) is 8.93. The number of carbonyl (C=O) groups is 1. The normalized spacial score (nSPS) is 11.2. The van der Waals surface area contributed by atoms with E-state index in [1.807, 2.05) is 77.5 Å². The van der Waals surface area contributed by atoms with E-state index < -0.39 is 0 Å². The largest absolute Gasteiger partial charge is 0.487 e. The molecule has 35 heavy (non-hydrogen) atoms. The molecule has 1 N–H and O–H groups in total. The summed E-state index contributed by atoms with van der Waals surface area (Å²) in [6.07, 6.45) is 6.78. The van der Waals surface area contributed by atoms with Crippen molar-refractivity contribution in [3.8, 4) is 11.6 Å². The van der Waals surface area contributed by atoms with Gasteiger partial charge < -0.3 is 10.1 Å². The summed E-state index contributed by atoms with van der Waals surface area (Å²) >= 11 is 1.60. The SMILES string of the molecule is Cc1nc(COc2ccccc2/C=C/C(=O)NCc2ccc(-n3cnc4ccccc43)nc2)cs1. The van der Waals surface area contributed by atoms with E-state index in [9.17, 15) is 4.79 Å². The molecule has 0 bridgehead atoms. The maximum absolute atomic E-state index is 12.4. The Balaban J connectivity index is 1.18. The van der Waals surface area contributed by atoms with E-state index in [1.54, 1.807) is 29.9 Å². The molecule has 0 atom stereocenters. The van der Waals surface area contributed by atoms with Crippen molar-refractivity contribution in [2.75, 3.05) is 0 Å². The van der Waals surface area contributed by atoms with Gasteiger partial charge >= 0.3 is 0 Å². The van der Waals surface area contributed by atoms with Crippen molar-refractivity contribution in [1.82, 2.24) is 24.8 Å². The second kappa shape index (κ2) is 10.3. The highest BCUT2D eigenvalue weighted by Crippen LogP contribution is 2.21. The number of thiazole rings is 1. The molecule has 3 aromatic heterocycles.